The number of carboxylic acid groups (broad SMARTS) is 4. The first-order valence-corrected chi connectivity index (χ1v) is 11.7. The second-order valence-corrected chi connectivity index (χ2v) is 8.95. The first-order valence-electron chi connectivity index (χ1n) is 10.1. The molecule has 0 radical (unpaired) electrons. The number of benzene rings is 2. The molecule has 0 spiro atoms. The Morgan fingerprint density at radius 3 is 1.10 bits per heavy atom. The summed E-state index contributed by atoms with van der Waals surface area (Å²) in [6.07, 6.45) is 0. The van der Waals surface area contributed by atoms with E-state index in [0.29, 0.717) is 8.95 Å². The van der Waals surface area contributed by atoms with Crippen LogP contribution in [0.2, 0.25) is 0 Å². The zero-order valence-corrected chi connectivity index (χ0v) is 38.1. The summed E-state index contributed by atoms with van der Waals surface area (Å²) in [5, 5.41) is 44.3. The summed E-state index contributed by atoms with van der Waals surface area (Å²) in [5.74, 6) is -5.75. The van der Waals surface area contributed by atoms with E-state index in [2.05, 4.69) is 31.9 Å². The number of anilines is 2. The van der Waals surface area contributed by atoms with Gasteiger partial charge in [0.15, 0.2) is 0 Å². The number of carboxylic acids is 4. The number of ether oxygens (including phenoxy) is 2. The van der Waals surface area contributed by atoms with Crippen molar-refractivity contribution in [3.8, 4) is 11.5 Å². The van der Waals surface area contributed by atoms with Gasteiger partial charge in [0.05, 0.1) is 61.4 Å². The van der Waals surface area contributed by atoms with E-state index in [0.717, 1.165) is 9.80 Å². The fourth-order valence-electron chi connectivity index (χ4n) is 3.11. The molecule has 18 heteroatoms. The summed E-state index contributed by atoms with van der Waals surface area (Å²) in [4.78, 5) is 46.3. The van der Waals surface area contributed by atoms with E-state index in [9.17, 15) is 39.6 Å². The quantitative estimate of drug-likeness (QED) is 0.123. The third-order valence-electron chi connectivity index (χ3n) is 4.40. The third-order valence-corrected chi connectivity index (χ3v) is 5.39. The molecule has 2 aromatic carbocycles. The van der Waals surface area contributed by atoms with Gasteiger partial charge in [0, 0.05) is 8.95 Å². The number of nitrogens with zero attached hydrogens (tertiary/aromatic N) is 2. The molecule has 0 bridgehead atoms. The molecule has 0 saturated heterocycles. The smallest absolute Gasteiger partial charge is 0.548 e. The summed E-state index contributed by atoms with van der Waals surface area (Å²) in [5.41, 5.74) is 0.313. The van der Waals surface area contributed by atoms with Crippen LogP contribution < -0.4 is 245 Å². The largest absolute Gasteiger partial charge is 1.00 e. The van der Waals surface area contributed by atoms with Crippen LogP contribution in [0.15, 0.2) is 45.3 Å². The third kappa shape index (κ3) is 18.2. The number of hydrogen-bond donors (Lipinski definition) is 0. The minimum Gasteiger partial charge on any atom is -0.548 e. The van der Waals surface area contributed by atoms with Crippen molar-refractivity contribution in [3.63, 3.8) is 0 Å². The Morgan fingerprint density at radius 2 is 0.850 bits per heavy atom. The molecule has 40 heavy (non-hydrogen) atoms. The van der Waals surface area contributed by atoms with Crippen molar-refractivity contribution in [2.75, 3.05) is 49.2 Å². The van der Waals surface area contributed by atoms with Crippen molar-refractivity contribution in [1.82, 2.24) is 0 Å². The minimum atomic E-state index is -1.51. The zero-order chi connectivity index (χ0) is 26.8. The van der Waals surface area contributed by atoms with Crippen molar-refractivity contribution in [2.24, 2.45) is 0 Å². The van der Waals surface area contributed by atoms with Gasteiger partial charge in [-0.3, -0.25) is 0 Å². The van der Waals surface area contributed by atoms with Crippen LogP contribution >= 0.6 is 31.9 Å². The van der Waals surface area contributed by atoms with Crippen LogP contribution in [0, 0.1) is 0 Å². The molecule has 2 rings (SSSR count). The van der Waals surface area contributed by atoms with E-state index in [1.165, 1.54) is 24.3 Å². The van der Waals surface area contributed by atoms with E-state index in [1.807, 2.05) is 0 Å². The maximum Gasteiger partial charge on any atom is 1.00 e. The molecule has 12 nitrogen and oxygen atoms in total. The zero-order valence-electron chi connectivity index (χ0n) is 22.4. The van der Waals surface area contributed by atoms with Gasteiger partial charge in [-0.05, 0) is 36.4 Å². The molecule has 0 saturated carbocycles. The van der Waals surface area contributed by atoms with Crippen LogP contribution in [-0.4, -0.2) is 63.3 Å². The van der Waals surface area contributed by atoms with E-state index in [1.54, 1.807) is 12.1 Å². The minimum absolute atomic E-state index is 0. The number of hydrogen-bond acceptors (Lipinski definition) is 12. The summed E-state index contributed by atoms with van der Waals surface area (Å²) >= 11 is 6.52. The average Bonchev–Trinajstić information content (AvgIpc) is 2.74. The van der Waals surface area contributed by atoms with Gasteiger partial charge in [-0.1, -0.05) is 31.9 Å². The van der Waals surface area contributed by atoms with Crippen molar-refractivity contribution in [1.29, 1.82) is 0 Å². The van der Waals surface area contributed by atoms with Crippen LogP contribution in [-0.2, 0) is 19.2 Å². The number of halogens is 2. The van der Waals surface area contributed by atoms with Crippen molar-refractivity contribution >= 4 is 67.1 Å². The molecule has 0 heterocycles. The topological polar surface area (TPSA) is 185 Å². The predicted octanol–water partition coefficient (Wildman–Crippen LogP) is -14.7. The molecule has 0 unspecified atom stereocenters. The molecular weight excluding hydrogens is 768 g/mol. The predicted molar refractivity (Wildman–Crippen MR) is 124 cm³/mol. The van der Waals surface area contributed by atoms with Gasteiger partial charge in [-0.2, -0.15) is 0 Å². The molecule has 0 atom stereocenters. The number of carbonyl (C=O) groups is 4. The Labute approximate surface area is 417 Å². The Bertz CT molecular complexity index is 1030. The van der Waals surface area contributed by atoms with Gasteiger partial charge in [0.2, 0.25) is 0 Å². The SMILES string of the molecule is O=C([O-])CN(CC(=O)[O-])c1ccc(Br)cc1OCCOc1cc(Br)ccc1N(CC(=O)[O-])CC(=O)[O-].[K+].[K+].[K+].[K+]. The molecule has 0 aliphatic heterocycles. The van der Waals surface area contributed by atoms with Crippen LogP contribution in [0.5, 0.6) is 11.5 Å². The Balaban J connectivity index is -0.00000342. The van der Waals surface area contributed by atoms with Gasteiger partial charge in [-0.15, -0.1) is 0 Å². The maximum absolute atomic E-state index is 11.1. The van der Waals surface area contributed by atoms with Crippen molar-refractivity contribution < 1.29 is 255 Å². The van der Waals surface area contributed by atoms with Gasteiger partial charge in [-0.25, -0.2) is 0 Å². The van der Waals surface area contributed by atoms with Crippen LogP contribution in [0.1, 0.15) is 0 Å². The molecular formula is C22H18Br2K4N2O10. The Hall–Kier alpha value is 3.03. The molecule has 0 N–H and O–H groups in total. The van der Waals surface area contributed by atoms with Crippen LogP contribution in [0.3, 0.4) is 0 Å². The Morgan fingerprint density at radius 1 is 0.575 bits per heavy atom. The standard InChI is InChI=1S/C22H22Br2N2O10.4K/c23-13-1-3-15(25(9-19(27)28)10-20(29)30)17(7-13)35-5-6-36-18-8-14(24)2-4-16(18)26(11-21(31)32)12-22(33)34;;;;/h1-4,7-8H,5-6,9-12H2,(H,27,28)(H,29,30)(H,31,32)(H,33,34);;;;/q;4*+1/p-4. The second-order valence-electron chi connectivity index (χ2n) is 7.12. The van der Waals surface area contributed by atoms with Gasteiger partial charge in [0.1, 0.15) is 24.7 Å². The second kappa shape index (κ2) is 25.2. The normalized spacial score (nSPS) is 9.35. The van der Waals surface area contributed by atoms with Gasteiger partial charge in [0.25, 0.3) is 0 Å². The fraction of sp³-hybridized carbons (Fsp3) is 0.273. The van der Waals surface area contributed by atoms with E-state index in [-0.39, 0.29) is 242 Å². The first-order chi connectivity index (χ1) is 17.0. The number of aliphatic carboxylic acids is 4. The van der Waals surface area contributed by atoms with E-state index >= 15 is 0 Å². The van der Waals surface area contributed by atoms with Crippen molar-refractivity contribution in [2.45, 2.75) is 0 Å². The summed E-state index contributed by atoms with van der Waals surface area (Å²) in [6.45, 7) is -3.12. The molecule has 0 amide bonds. The number of carbonyl (C=O) groups excluding carboxylic acids is 4. The monoisotopic (exact) mass is 784 g/mol. The van der Waals surface area contributed by atoms with Gasteiger partial charge >= 0.3 is 206 Å². The van der Waals surface area contributed by atoms with Crippen molar-refractivity contribution in [3.05, 3.63) is 45.3 Å². The Kier molecular flexibility index (Phi) is 29.8. The molecule has 2 aromatic rings. The maximum atomic E-state index is 11.1. The fourth-order valence-corrected chi connectivity index (χ4v) is 3.79. The molecule has 194 valence electrons. The van der Waals surface area contributed by atoms with Gasteiger partial charge < -0.3 is 58.9 Å². The van der Waals surface area contributed by atoms with E-state index < -0.39 is 50.1 Å². The van der Waals surface area contributed by atoms with E-state index in [4.69, 9.17) is 9.47 Å². The summed E-state index contributed by atoms with van der Waals surface area (Å²) in [6, 6.07) is 9.03. The first kappa shape index (κ1) is 47.4. The number of rotatable bonds is 15. The molecule has 0 fully saturated rings. The molecule has 0 aliphatic carbocycles. The van der Waals surface area contributed by atoms with Crippen LogP contribution in [0.25, 0.3) is 0 Å². The average molecular weight is 787 g/mol. The van der Waals surface area contributed by atoms with Crippen LogP contribution in [0.4, 0.5) is 11.4 Å². The summed E-state index contributed by atoms with van der Waals surface area (Å²) < 4.78 is 12.5. The molecule has 0 aliphatic rings. The summed E-state index contributed by atoms with van der Waals surface area (Å²) in [7, 11) is 0. The molecule has 0 aromatic heterocycles.